The molecule has 7 nitrogen and oxygen atoms in total. The number of carbonyl (C=O) groups excluding carboxylic acids is 1. The minimum absolute atomic E-state index is 0.158. The van der Waals surface area contributed by atoms with Gasteiger partial charge >= 0.3 is 0 Å². The van der Waals surface area contributed by atoms with E-state index in [0.717, 1.165) is 48.7 Å². The van der Waals surface area contributed by atoms with E-state index in [4.69, 9.17) is 9.47 Å². The van der Waals surface area contributed by atoms with Gasteiger partial charge in [-0.3, -0.25) is 14.3 Å². The number of amides is 1. The number of hydrogen-bond donors (Lipinski definition) is 1. The molecule has 0 aliphatic carbocycles. The van der Waals surface area contributed by atoms with E-state index >= 15 is 0 Å². The molecular formula is C22H28N4O3. The minimum atomic E-state index is -0.158. The van der Waals surface area contributed by atoms with Crippen molar-refractivity contribution in [2.75, 3.05) is 39.2 Å². The van der Waals surface area contributed by atoms with Crippen molar-refractivity contribution >= 4 is 11.7 Å². The fourth-order valence-electron chi connectivity index (χ4n) is 3.73. The zero-order valence-electron chi connectivity index (χ0n) is 17.5. The average Bonchev–Trinajstić information content (AvgIpc) is 3.28. The normalized spacial score (nSPS) is 16.1. The van der Waals surface area contributed by atoms with Crippen molar-refractivity contribution in [2.24, 2.45) is 0 Å². The van der Waals surface area contributed by atoms with Crippen molar-refractivity contribution in [3.63, 3.8) is 0 Å². The van der Waals surface area contributed by atoms with Crippen molar-refractivity contribution in [3.8, 4) is 17.5 Å². The van der Waals surface area contributed by atoms with E-state index in [0.29, 0.717) is 11.4 Å². The lowest BCUT2D eigenvalue weighted by Crippen LogP contribution is -2.35. The maximum atomic E-state index is 12.7. The molecule has 2 aromatic rings. The Labute approximate surface area is 171 Å². The van der Waals surface area contributed by atoms with E-state index in [9.17, 15) is 10.1 Å². The number of aromatic nitrogens is 1. The summed E-state index contributed by atoms with van der Waals surface area (Å²) in [7, 11) is 3.53. The lowest BCUT2D eigenvalue weighted by Gasteiger charge is -2.20. The molecule has 0 bridgehead atoms. The van der Waals surface area contributed by atoms with Gasteiger partial charge < -0.3 is 14.8 Å². The molecule has 3 rings (SSSR count). The molecule has 2 heterocycles. The second-order valence-electron chi connectivity index (χ2n) is 7.46. The third-order valence-corrected chi connectivity index (χ3v) is 5.37. The molecule has 29 heavy (non-hydrogen) atoms. The monoisotopic (exact) mass is 396 g/mol. The number of rotatable bonds is 7. The van der Waals surface area contributed by atoms with Gasteiger partial charge in [0.2, 0.25) is 5.91 Å². The number of nitrogens with zero attached hydrogens (tertiary/aromatic N) is 3. The molecule has 0 spiro atoms. The first-order chi connectivity index (χ1) is 13.9. The molecule has 1 atom stereocenters. The lowest BCUT2D eigenvalue weighted by molar-refractivity contribution is -0.117. The second kappa shape index (κ2) is 9.12. The Morgan fingerprint density at radius 3 is 2.69 bits per heavy atom. The van der Waals surface area contributed by atoms with Crippen LogP contribution in [-0.4, -0.2) is 55.3 Å². The van der Waals surface area contributed by atoms with Gasteiger partial charge in [0.1, 0.15) is 17.6 Å². The van der Waals surface area contributed by atoms with Crippen LogP contribution in [0, 0.1) is 25.2 Å². The Morgan fingerprint density at radius 2 is 2.10 bits per heavy atom. The number of methoxy groups -OCH3 is 1. The van der Waals surface area contributed by atoms with Crippen LogP contribution in [-0.2, 0) is 9.53 Å². The van der Waals surface area contributed by atoms with Crippen molar-refractivity contribution in [1.29, 1.82) is 5.26 Å². The van der Waals surface area contributed by atoms with Gasteiger partial charge in [0.25, 0.3) is 0 Å². The molecule has 7 heteroatoms. The van der Waals surface area contributed by atoms with Crippen LogP contribution in [0.4, 0.5) is 5.82 Å². The van der Waals surface area contributed by atoms with Crippen LogP contribution in [0.1, 0.15) is 29.7 Å². The maximum Gasteiger partial charge on any atom is 0.239 e. The number of ether oxygens (including phenoxy) is 2. The first-order valence-electron chi connectivity index (χ1n) is 9.81. The standard InChI is InChI=1S/C22H28N4O3/c1-15-16(2)26(17-7-9-18(28-4)10-8-17)22(20(15)12-23)24-21(27)14-25(3)13-19-6-5-11-29-19/h7-10,19H,5-6,11,13-14H2,1-4H3,(H,24,27). The predicted octanol–water partition coefficient (Wildman–Crippen LogP) is 3.02. The predicted molar refractivity (Wildman–Crippen MR) is 112 cm³/mol. The molecule has 1 aliphatic rings. The van der Waals surface area contributed by atoms with E-state index in [2.05, 4.69) is 11.4 Å². The number of carbonyl (C=O) groups is 1. The zero-order valence-corrected chi connectivity index (χ0v) is 17.5. The summed E-state index contributed by atoms with van der Waals surface area (Å²) in [5, 5.41) is 12.7. The van der Waals surface area contributed by atoms with Gasteiger partial charge in [-0.05, 0) is 63.6 Å². The van der Waals surface area contributed by atoms with Crippen LogP contribution in [0.2, 0.25) is 0 Å². The fourth-order valence-corrected chi connectivity index (χ4v) is 3.73. The highest BCUT2D eigenvalue weighted by molar-refractivity contribution is 5.93. The fraction of sp³-hybridized carbons (Fsp3) is 0.455. The van der Waals surface area contributed by atoms with Crippen molar-refractivity contribution in [2.45, 2.75) is 32.8 Å². The van der Waals surface area contributed by atoms with Crippen LogP contribution in [0.5, 0.6) is 5.75 Å². The van der Waals surface area contributed by atoms with Gasteiger partial charge in [0.05, 0.1) is 25.3 Å². The maximum absolute atomic E-state index is 12.7. The molecule has 1 unspecified atom stereocenters. The summed E-state index contributed by atoms with van der Waals surface area (Å²) in [6.07, 6.45) is 2.29. The molecule has 1 saturated heterocycles. The SMILES string of the molecule is COc1ccc(-n2c(C)c(C)c(C#N)c2NC(=O)CN(C)CC2CCCO2)cc1. The highest BCUT2D eigenvalue weighted by atomic mass is 16.5. The van der Waals surface area contributed by atoms with Gasteiger partial charge in [-0.2, -0.15) is 5.26 Å². The summed E-state index contributed by atoms with van der Waals surface area (Å²) < 4.78 is 12.8. The van der Waals surface area contributed by atoms with Gasteiger partial charge in [-0.1, -0.05) is 0 Å². The minimum Gasteiger partial charge on any atom is -0.497 e. The first-order valence-corrected chi connectivity index (χ1v) is 9.81. The van der Waals surface area contributed by atoms with Crippen LogP contribution in [0.15, 0.2) is 24.3 Å². The lowest BCUT2D eigenvalue weighted by atomic mass is 10.2. The van der Waals surface area contributed by atoms with Crippen molar-refractivity contribution in [1.82, 2.24) is 9.47 Å². The number of hydrogen-bond acceptors (Lipinski definition) is 5. The Kier molecular flexibility index (Phi) is 6.57. The molecule has 1 aromatic heterocycles. The van der Waals surface area contributed by atoms with Gasteiger partial charge in [-0.25, -0.2) is 0 Å². The Morgan fingerprint density at radius 1 is 1.38 bits per heavy atom. The van der Waals surface area contributed by atoms with Crippen molar-refractivity contribution < 1.29 is 14.3 Å². The highest BCUT2D eigenvalue weighted by Gasteiger charge is 2.22. The zero-order chi connectivity index (χ0) is 21.0. The summed E-state index contributed by atoms with van der Waals surface area (Å²) in [4.78, 5) is 14.7. The van der Waals surface area contributed by atoms with Crippen LogP contribution >= 0.6 is 0 Å². The number of likely N-dealkylation sites (N-methyl/N-ethyl adjacent to an activating group) is 1. The number of anilines is 1. The molecule has 154 valence electrons. The first kappa shape index (κ1) is 20.9. The third kappa shape index (κ3) is 4.61. The van der Waals surface area contributed by atoms with Crippen LogP contribution in [0.25, 0.3) is 5.69 Å². The van der Waals surface area contributed by atoms with Crippen LogP contribution < -0.4 is 10.1 Å². The molecule has 0 radical (unpaired) electrons. The third-order valence-electron chi connectivity index (χ3n) is 5.37. The smallest absolute Gasteiger partial charge is 0.239 e. The average molecular weight is 396 g/mol. The van der Waals surface area contributed by atoms with E-state index in [-0.39, 0.29) is 18.6 Å². The summed E-state index contributed by atoms with van der Waals surface area (Å²) in [6.45, 7) is 5.59. The summed E-state index contributed by atoms with van der Waals surface area (Å²) in [6, 6.07) is 9.77. The van der Waals surface area contributed by atoms with Crippen molar-refractivity contribution in [3.05, 3.63) is 41.1 Å². The Hall–Kier alpha value is -2.82. The summed E-state index contributed by atoms with van der Waals surface area (Å²) in [5.41, 5.74) is 3.10. The largest absolute Gasteiger partial charge is 0.497 e. The molecule has 1 fully saturated rings. The second-order valence-corrected chi connectivity index (χ2v) is 7.46. The van der Waals surface area contributed by atoms with E-state index < -0.39 is 0 Å². The molecular weight excluding hydrogens is 368 g/mol. The number of benzene rings is 1. The number of nitrogens with one attached hydrogen (secondary N) is 1. The van der Waals surface area contributed by atoms with Gasteiger partial charge in [-0.15, -0.1) is 0 Å². The summed E-state index contributed by atoms with van der Waals surface area (Å²) >= 11 is 0. The van der Waals surface area contributed by atoms with E-state index in [1.165, 1.54) is 0 Å². The van der Waals surface area contributed by atoms with E-state index in [1.54, 1.807) is 7.11 Å². The number of nitriles is 1. The molecule has 1 N–H and O–H groups in total. The van der Waals surface area contributed by atoms with Crippen LogP contribution in [0.3, 0.4) is 0 Å². The summed E-state index contributed by atoms with van der Waals surface area (Å²) in [5.74, 6) is 1.09. The van der Waals surface area contributed by atoms with Gasteiger partial charge in [0.15, 0.2) is 0 Å². The van der Waals surface area contributed by atoms with E-state index in [1.807, 2.05) is 54.6 Å². The molecule has 0 saturated carbocycles. The van der Waals surface area contributed by atoms with Gasteiger partial charge in [0, 0.05) is 24.5 Å². The highest BCUT2D eigenvalue weighted by Crippen LogP contribution is 2.30. The molecule has 1 aliphatic heterocycles. The Balaban J connectivity index is 1.82. The quantitative estimate of drug-likeness (QED) is 0.778. The molecule has 1 aromatic carbocycles. The topological polar surface area (TPSA) is 79.5 Å². The Bertz CT molecular complexity index is 906. The molecule has 1 amide bonds.